The van der Waals surface area contributed by atoms with Crippen LogP contribution in [0, 0.1) is 0 Å². The van der Waals surface area contributed by atoms with E-state index in [2.05, 4.69) is 15.3 Å². The number of para-hydroxylation sites is 2. The van der Waals surface area contributed by atoms with E-state index in [1.807, 2.05) is 61.5 Å². The van der Waals surface area contributed by atoms with Crippen molar-refractivity contribution in [1.29, 1.82) is 0 Å². The fourth-order valence-corrected chi connectivity index (χ4v) is 3.63. The van der Waals surface area contributed by atoms with Crippen LogP contribution in [-0.2, 0) is 11.3 Å². The molecule has 0 saturated heterocycles. The van der Waals surface area contributed by atoms with Gasteiger partial charge in [-0.3, -0.25) is 4.79 Å². The third-order valence-corrected chi connectivity index (χ3v) is 5.27. The average Bonchev–Trinajstić information content (AvgIpc) is 3.31. The molecule has 0 bridgehead atoms. The first-order chi connectivity index (χ1) is 16.6. The van der Waals surface area contributed by atoms with Gasteiger partial charge in [0.05, 0.1) is 37.4 Å². The average molecular weight is 458 g/mol. The minimum atomic E-state index is -0.255. The van der Waals surface area contributed by atoms with Gasteiger partial charge < -0.3 is 24.5 Å². The van der Waals surface area contributed by atoms with E-state index in [4.69, 9.17) is 14.2 Å². The highest BCUT2D eigenvalue weighted by Gasteiger charge is 2.19. The van der Waals surface area contributed by atoms with E-state index in [1.54, 1.807) is 32.4 Å². The molecular weight excluding hydrogens is 430 g/mol. The third-order valence-electron chi connectivity index (χ3n) is 5.27. The normalized spacial score (nSPS) is 11.3. The second kappa shape index (κ2) is 10.6. The maximum atomic E-state index is 13.3. The largest absolute Gasteiger partial charge is 0.493 e. The molecule has 0 unspecified atom stereocenters. The molecule has 4 rings (SSSR count). The summed E-state index contributed by atoms with van der Waals surface area (Å²) in [6.07, 6.45) is 1.76. The van der Waals surface area contributed by atoms with Crippen LogP contribution in [0.3, 0.4) is 0 Å². The smallest absolute Gasteiger partial charge is 0.255 e. The summed E-state index contributed by atoms with van der Waals surface area (Å²) in [4.78, 5) is 21.3. The van der Waals surface area contributed by atoms with Gasteiger partial charge in [0.15, 0.2) is 11.5 Å². The van der Waals surface area contributed by atoms with E-state index in [-0.39, 0.29) is 5.91 Å². The SMILES string of the molecule is CCOc1c(OC)cc(/C=C(/C(=O)NCc2ccccc2)c2nc3ccccc3[nH]2)cc1OC. The summed E-state index contributed by atoms with van der Waals surface area (Å²) >= 11 is 0. The van der Waals surface area contributed by atoms with Crippen LogP contribution in [0.2, 0.25) is 0 Å². The van der Waals surface area contributed by atoms with Crippen molar-refractivity contribution in [3.05, 3.63) is 83.7 Å². The Morgan fingerprint density at radius 1 is 1.00 bits per heavy atom. The number of carbonyl (C=O) groups excluding carboxylic acids is 1. The Labute approximate surface area is 198 Å². The predicted molar refractivity (Wildman–Crippen MR) is 133 cm³/mol. The van der Waals surface area contributed by atoms with Crippen molar-refractivity contribution in [2.24, 2.45) is 0 Å². The predicted octanol–water partition coefficient (Wildman–Crippen LogP) is 4.84. The number of ether oxygens (including phenoxy) is 3. The van der Waals surface area contributed by atoms with Crippen LogP contribution in [0.4, 0.5) is 0 Å². The Balaban J connectivity index is 1.76. The molecule has 7 nitrogen and oxygen atoms in total. The molecule has 1 heterocycles. The number of nitrogens with zero attached hydrogens (tertiary/aromatic N) is 1. The van der Waals surface area contributed by atoms with Gasteiger partial charge in [0.1, 0.15) is 5.82 Å². The molecule has 0 spiro atoms. The van der Waals surface area contributed by atoms with Crippen molar-refractivity contribution in [2.45, 2.75) is 13.5 Å². The quantitative estimate of drug-likeness (QED) is 0.352. The van der Waals surface area contributed by atoms with Gasteiger partial charge >= 0.3 is 0 Å². The number of carbonyl (C=O) groups is 1. The number of benzene rings is 3. The minimum absolute atomic E-state index is 0.255. The summed E-state index contributed by atoms with van der Waals surface area (Å²) in [5, 5.41) is 3.00. The van der Waals surface area contributed by atoms with Crippen LogP contribution in [0.5, 0.6) is 17.2 Å². The molecule has 3 aromatic carbocycles. The van der Waals surface area contributed by atoms with E-state index in [0.717, 1.165) is 16.6 Å². The van der Waals surface area contributed by atoms with Gasteiger partial charge in [-0.05, 0) is 48.4 Å². The van der Waals surface area contributed by atoms with Gasteiger partial charge in [0.25, 0.3) is 5.91 Å². The van der Waals surface area contributed by atoms with Gasteiger partial charge in [-0.2, -0.15) is 0 Å². The first kappa shape index (κ1) is 22.9. The molecule has 34 heavy (non-hydrogen) atoms. The van der Waals surface area contributed by atoms with Gasteiger partial charge in [-0.25, -0.2) is 4.98 Å². The molecule has 1 aromatic heterocycles. The zero-order valence-corrected chi connectivity index (χ0v) is 19.4. The van der Waals surface area contributed by atoms with Gasteiger partial charge in [-0.1, -0.05) is 42.5 Å². The van der Waals surface area contributed by atoms with Crippen molar-refractivity contribution in [1.82, 2.24) is 15.3 Å². The Kier molecular flexibility index (Phi) is 7.13. The van der Waals surface area contributed by atoms with Gasteiger partial charge in [0.2, 0.25) is 5.75 Å². The van der Waals surface area contributed by atoms with E-state index in [0.29, 0.717) is 47.4 Å². The van der Waals surface area contributed by atoms with E-state index < -0.39 is 0 Å². The molecule has 7 heteroatoms. The molecular formula is C27H27N3O4. The lowest BCUT2D eigenvalue weighted by Gasteiger charge is -2.15. The molecule has 0 atom stereocenters. The Hall–Kier alpha value is -4.26. The Morgan fingerprint density at radius 3 is 2.32 bits per heavy atom. The third kappa shape index (κ3) is 5.04. The zero-order valence-electron chi connectivity index (χ0n) is 19.4. The molecule has 1 amide bonds. The molecule has 0 fully saturated rings. The number of hydrogen-bond acceptors (Lipinski definition) is 5. The maximum Gasteiger partial charge on any atom is 0.255 e. The maximum absolute atomic E-state index is 13.3. The lowest BCUT2D eigenvalue weighted by molar-refractivity contribution is -0.115. The number of H-pyrrole nitrogens is 1. The fourth-order valence-electron chi connectivity index (χ4n) is 3.63. The zero-order chi connectivity index (χ0) is 23.9. The summed E-state index contributed by atoms with van der Waals surface area (Å²) in [7, 11) is 3.13. The number of aromatic nitrogens is 2. The highest BCUT2D eigenvalue weighted by atomic mass is 16.5. The fraction of sp³-hybridized carbons (Fsp3) is 0.185. The number of methoxy groups -OCH3 is 2. The Bertz CT molecular complexity index is 1250. The lowest BCUT2D eigenvalue weighted by Crippen LogP contribution is -2.24. The topological polar surface area (TPSA) is 85.5 Å². The summed E-state index contributed by atoms with van der Waals surface area (Å²) in [5.41, 5.74) is 3.73. The number of fused-ring (bicyclic) bond motifs is 1. The number of aromatic amines is 1. The van der Waals surface area contributed by atoms with E-state index >= 15 is 0 Å². The van der Waals surface area contributed by atoms with Crippen LogP contribution in [-0.4, -0.2) is 36.7 Å². The molecule has 174 valence electrons. The monoisotopic (exact) mass is 457 g/mol. The van der Waals surface area contributed by atoms with E-state index in [1.165, 1.54) is 0 Å². The van der Waals surface area contributed by atoms with Crippen LogP contribution < -0.4 is 19.5 Å². The van der Waals surface area contributed by atoms with Crippen molar-refractivity contribution >= 4 is 28.6 Å². The second-order valence-corrected chi connectivity index (χ2v) is 7.52. The second-order valence-electron chi connectivity index (χ2n) is 7.52. The van der Waals surface area contributed by atoms with Crippen molar-refractivity contribution in [3.8, 4) is 17.2 Å². The first-order valence-electron chi connectivity index (χ1n) is 11.0. The van der Waals surface area contributed by atoms with Crippen LogP contribution >= 0.6 is 0 Å². The number of amides is 1. The number of imidazole rings is 1. The molecule has 2 N–H and O–H groups in total. The van der Waals surface area contributed by atoms with Crippen LogP contribution in [0.1, 0.15) is 23.9 Å². The highest BCUT2D eigenvalue weighted by molar-refractivity contribution is 6.23. The molecule has 0 aliphatic heterocycles. The number of rotatable bonds is 9. The summed E-state index contributed by atoms with van der Waals surface area (Å²) in [6.45, 7) is 2.75. The summed E-state index contributed by atoms with van der Waals surface area (Å²) in [6, 6.07) is 21.0. The number of hydrogen-bond donors (Lipinski definition) is 2. The summed E-state index contributed by atoms with van der Waals surface area (Å²) in [5.74, 6) is 1.76. The molecule has 0 aliphatic rings. The van der Waals surface area contributed by atoms with Crippen molar-refractivity contribution < 1.29 is 19.0 Å². The molecule has 0 saturated carbocycles. The lowest BCUT2D eigenvalue weighted by atomic mass is 10.1. The van der Waals surface area contributed by atoms with Crippen molar-refractivity contribution in [3.63, 3.8) is 0 Å². The molecule has 0 radical (unpaired) electrons. The van der Waals surface area contributed by atoms with Gasteiger partial charge in [0, 0.05) is 6.54 Å². The standard InChI is InChI=1S/C27H27N3O4/c1-4-34-25-23(32-2)15-19(16-24(25)33-3)14-20(26-29-21-12-8-9-13-22(21)30-26)27(31)28-17-18-10-6-5-7-11-18/h5-16H,4,17H2,1-3H3,(H,28,31)(H,29,30)/b20-14+. The summed E-state index contributed by atoms with van der Waals surface area (Å²) < 4.78 is 16.7. The first-order valence-corrected chi connectivity index (χ1v) is 11.0. The van der Waals surface area contributed by atoms with Crippen LogP contribution in [0.25, 0.3) is 22.7 Å². The minimum Gasteiger partial charge on any atom is -0.493 e. The Morgan fingerprint density at radius 2 is 1.68 bits per heavy atom. The van der Waals surface area contributed by atoms with Crippen molar-refractivity contribution in [2.75, 3.05) is 20.8 Å². The number of nitrogens with one attached hydrogen (secondary N) is 2. The highest BCUT2D eigenvalue weighted by Crippen LogP contribution is 2.39. The molecule has 4 aromatic rings. The van der Waals surface area contributed by atoms with Crippen LogP contribution in [0.15, 0.2) is 66.7 Å². The molecule has 0 aliphatic carbocycles. The van der Waals surface area contributed by atoms with Gasteiger partial charge in [-0.15, -0.1) is 0 Å². The van der Waals surface area contributed by atoms with E-state index in [9.17, 15) is 4.79 Å².